The molecule has 162 valence electrons. The average Bonchev–Trinajstić information content (AvgIpc) is 3.41. The van der Waals surface area contributed by atoms with E-state index in [1.807, 2.05) is 18.2 Å². The second-order valence-corrected chi connectivity index (χ2v) is 10.1. The van der Waals surface area contributed by atoms with Crippen LogP contribution in [0.3, 0.4) is 0 Å². The topological polar surface area (TPSA) is 41.1 Å². The van der Waals surface area contributed by atoms with Gasteiger partial charge in [-0.2, -0.15) is 0 Å². The van der Waals surface area contributed by atoms with Crippen LogP contribution in [0.4, 0.5) is 11.4 Å². The van der Waals surface area contributed by atoms with Crippen LogP contribution in [0.15, 0.2) is 66.7 Å². The van der Waals surface area contributed by atoms with Crippen molar-refractivity contribution in [2.75, 3.05) is 10.6 Å². The summed E-state index contributed by atoms with van der Waals surface area (Å²) >= 11 is 0. The Hall–Kier alpha value is -3.07. The lowest BCUT2D eigenvalue weighted by Gasteiger charge is -2.43. The number of aryl methyl sites for hydroxylation is 2. The first-order chi connectivity index (χ1) is 15.6. The van der Waals surface area contributed by atoms with Gasteiger partial charge >= 0.3 is 0 Å². The Morgan fingerprint density at radius 1 is 0.906 bits per heavy atom. The summed E-state index contributed by atoms with van der Waals surface area (Å²) in [6.07, 6.45) is 4.00. The average molecular weight is 423 g/mol. The Bertz CT molecular complexity index is 1160. The molecular weight excluding hydrogens is 392 g/mol. The molecule has 5 atom stereocenters. The van der Waals surface area contributed by atoms with Crippen LogP contribution in [0.2, 0.25) is 0 Å². The van der Waals surface area contributed by atoms with Gasteiger partial charge in [-0.3, -0.25) is 4.79 Å². The predicted octanol–water partition coefficient (Wildman–Crippen LogP) is 6.85. The van der Waals surface area contributed by atoms with Crippen molar-refractivity contribution in [3.63, 3.8) is 0 Å². The fourth-order valence-electron chi connectivity index (χ4n) is 6.87. The number of carbonyl (C=O) groups is 1. The van der Waals surface area contributed by atoms with Crippen molar-refractivity contribution in [2.24, 2.45) is 17.8 Å². The van der Waals surface area contributed by atoms with Crippen molar-refractivity contribution < 1.29 is 4.79 Å². The smallest absolute Gasteiger partial charge is 0.255 e. The number of hydrogen-bond donors (Lipinski definition) is 2. The molecule has 0 spiro atoms. The summed E-state index contributed by atoms with van der Waals surface area (Å²) in [6.45, 7) is 4.12. The standard InChI is InChI=1S/C29H30N2O/c1-17-12-18(2)14-23(13-17)30-29(32)22-10-11-25-24(16-22)26-20-8-9-21(15-20)27(26)28(31-25)19-6-4-3-5-7-19/h3-7,10-14,16,20-21,26-28,31H,8-9,15H2,1-2H3,(H,30,32)/t20-,21-,26-,27-,28-/m0/s1. The van der Waals surface area contributed by atoms with Crippen LogP contribution >= 0.6 is 0 Å². The third kappa shape index (κ3) is 3.23. The van der Waals surface area contributed by atoms with Gasteiger partial charge in [0.25, 0.3) is 5.91 Å². The third-order valence-electron chi connectivity index (χ3n) is 7.99. The Morgan fingerprint density at radius 3 is 2.44 bits per heavy atom. The lowest BCUT2D eigenvalue weighted by Crippen LogP contribution is -2.35. The van der Waals surface area contributed by atoms with Crippen LogP contribution in [0.1, 0.15) is 63.8 Å². The summed E-state index contributed by atoms with van der Waals surface area (Å²) in [7, 11) is 0. The Morgan fingerprint density at radius 2 is 1.66 bits per heavy atom. The van der Waals surface area contributed by atoms with E-state index in [0.717, 1.165) is 34.2 Å². The van der Waals surface area contributed by atoms with Gasteiger partial charge < -0.3 is 10.6 Å². The largest absolute Gasteiger partial charge is 0.378 e. The maximum atomic E-state index is 13.1. The number of nitrogens with one attached hydrogen (secondary N) is 2. The molecule has 0 unspecified atom stereocenters. The highest BCUT2D eigenvalue weighted by molar-refractivity contribution is 6.04. The fourth-order valence-corrected chi connectivity index (χ4v) is 6.87. The van der Waals surface area contributed by atoms with Gasteiger partial charge in [-0.1, -0.05) is 36.4 Å². The highest BCUT2D eigenvalue weighted by atomic mass is 16.1. The summed E-state index contributed by atoms with van der Waals surface area (Å²) in [5.74, 6) is 2.66. The Kier molecular flexibility index (Phi) is 4.60. The van der Waals surface area contributed by atoms with Crippen LogP contribution in [0.25, 0.3) is 0 Å². The van der Waals surface area contributed by atoms with Gasteiger partial charge in [0, 0.05) is 16.9 Å². The molecule has 3 aromatic rings. The maximum absolute atomic E-state index is 13.1. The molecule has 32 heavy (non-hydrogen) atoms. The van der Waals surface area contributed by atoms with Crippen LogP contribution in [-0.2, 0) is 0 Å². The maximum Gasteiger partial charge on any atom is 0.255 e. The minimum atomic E-state index is -0.0253. The van der Waals surface area contributed by atoms with E-state index in [9.17, 15) is 4.79 Å². The van der Waals surface area contributed by atoms with Crippen molar-refractivity contribution >= 4 is 17.3 Å². The lowest BCUT2D eigenvalue weighted by atomic mass is 9.68. The van der Waals surface area contributed by atoms with Gasteiger partial charge in [-0.25, -0.2) is 0 Å². The minimum Gasteiger partial charge on any atom is -0.378 e. The third-order valence-corrected chi connectivity index (χ3v) is 7.99. The molecule has 0 aromatic heterocycles. The number of fused-ring (bicyclic) bond motifs is 7. The van der Waals surface area contributed by atoms with Gasteiger partial charge in [-0.15, -0.1) is 0 Å². The van der Waals surface area contributed by atoms with E-state index in [1.165, 1.54) is 36.1 Å². The Labute approximate surface area is 190 Å². The summed E-state index contributed by atoms with van der Waals surface area (Å²) in [5, 5.41) is 6.98. The Balaban J connectivity index is 1.34. The van der Waals surface area contributed by atoms with Crippen LogP contribution < -0.4 is 10.6 Å². The van der Waals surface area contributed by atoms with Crippen LogP contribution in [-0.4, -0.2) is 5.91 Å². The first-order valence-electron chi connectivity index (χ1n) is 11.9. The number of benzene rings is 3. The SMILES string of the molecule is Cc1cc(C)cc(NC(=O)c2ccc3c(c2)[C@@H]2[C@H]4CC[C@@H](C4)[C@@H]2[C@H](c2ccccc2)N3)c1. The number of anilines is 2. The minimum absolute atomic E-state index is 0.0253. The molecule has 6 rings (SSSR count). The molecule has 1 amide bonds. The number of rotatable bonds is 3. The summed E-state index contributed by atoms with van der Waals surface area (Å²) in [5.41, 5.74) is 7.88. The van der Waals surface area contributed by atoms with Crippen molar-refractivity contribution in [2.45, 2.75) is 45.1 Å². The van der Waals surface area contributed by atoms with E-state index >= 15 is 0 Å². The molecule has 0 saturated heterocycles. The summed E-state index contributed by atoms with van der Waals surface area (Å²) < 4.78 is 0. The van der Waals surface area contributed by atoms with E-state index in [2.05, 4.69) is 73.0 Å². The molecule has 1 heterocycles. The molecule has 3 heteroatoms. The molecule has 1 aliphatic heterocycles. The zero-order chi connectivity index (χ0) is 21.8. The number of carbonyl (C=O) groups excluding carboxylic acids is 1. The second kappa shape index (κ2) is 7.51. The normalized spacial score (nSPS) is 27.4. The summed E-state index contributed by atoms with van der Waals surface area (Å²) in [6, 6.07) is 23.7. The van der Waals surface area contributed by atoms with Gasteiger partial charge in [0.15, 0.2) is 0 Å². The zero-order valence-corrected chi connectivity index (χ0v) is 18.8. The van der Waals surface area contributed by atoms with E-state index in [0.29, 0.717) is 17.9 Å². The van der Waals surface area contributed by atoms with Crippen molar-refractivity contribution in [3.05, 3.63) is 94.5 Å². The predicted molar refractivity (Wildman–Crippen MR) is 130 cm³/mol. The van der Waals surface area contributed by atoms with E-state index in [-0.39, 0.29) is 5.91 Å². The van der Waals surface area contributed by atoms with Crippen molar-refractivity contribution in [1.82, 2.24) is 0 Å². The molecule has 3 aromatic carbocycles. The van der Waals surface area contributed by atoms with Crippen LogP contribution in [0.5, 0.6) is 0 Å². The molecule has 2 fully saturated rings. The van der Waals surface area contributed by atoms with Crippen LogP contribution in [0, 0.1) is 31.6 Å². The molecule has 0 radical (unpaired) electrons. The lowest BCUT2D eigenvalue weighted by molar-refractivity contribution is 0.102. The highest BCUT2D eigenvalue weighted by Crippen LogP contribution is 2.63. The first kappa shape index (κ1) is 19.6. The molecule has 3 aliphatic rings. The molecule has 3 nitrogen and oxygen atoms in total. The first-order valence-corrected chi connectivity index (χ1v) is 11.9. The van der Waals surface area contributed by atoms with Gasteiger partial charge in [0.05, 0.1) is 6.04 Å². The molecular formula is C29H30N2O. The van der Waals surface area contributed by atoms with Gasteiger partial charge in [0.2, 0.25) is 0 Å². The zero-order valence-electron chi connectivity index (χ0n) is 18.8. The van der Waals surface area contributed by atoms with E-state index < -0.39 is 0 Å². The van der Waals surface area contributed by atoms with E-state index in [1.54, 1.807) is 0 Å². The number of hydrogen-bond acceptors (Lipinski definition) is 2. The second-order valence-electron chi connectivity index (χ2n) is 10.1. The van der Waals surface area contributed by atoms with Gasteiger partial charge in [-0.05, 0) is 109 Å². The molecule has 2 N–H and O–H groups in total. The monoisotopic (exact) mass is 422 g/mol. The van der Waals surface area contributed by atoms with Crippen molar-refractivity contribution in [3.8, 4) is 0 Å². The number of amides is 1. The highest BCUT2D eigenvalue weighted by Gasteiger charge is 2.53. The quantitative estimate of drug-likeness (QED) is 0.484. The fraction of sp³-hybridized carbons (Fsp3) is 0.345. The molecule has 2 saturated carbocycles. The van der Waals surface area contributed by atoms with E-state index in [4.69, 9.17) is 0 Å². The molecule has 2 bridgehead atoms. The molecule has 2 aliphatic carbocycles. The summed E-state index contributed by atoms with van der Waals surface area (Å²) in [4.78, 5) is 13.1. The van der Waals surface area contributed by atoms with Gasteiger partial charge in [0.1, 0.15) is 0 Å². The van der Waals surface area contributed by atoms with Crippen molar-refractivity contribution in [1.29, 1.82) is 0 Å².